The van der Waals surface area contributed by atoms with E-state index < -0.39 is 0 Å². The SMILES string of the molecule is c1ccc(-c2ccc3c(-c4ncccn4)c4ccccc4c(-c4ccc(-c5ccc(-c6ccc7c8ccccc8c8ccccc8c7c6)cc5)cc4)c3c2)cc1. The van der Waals surface area contributed by atoms with Crippen LogP contribution in [-0.4, -0.2) is 9.97 Å². The zero-order valence-electron chi connectivity index (χ0n) is 30.5. The van der Waals surface area contributed by atoms with Crippen molar-refractivity contribution in [1.82, 2.24) is 9.97 Å². The fourth-order valence-electron chi connectivity index (χ4n) is 8.74. The van der Waals surface area contributed by atoms with Crippen LogP contribution in [0.3, 0.4) is 0 Å². The Kier molecular flexibility index (Phi) is 7.53. The first kappa shape index (κ1) is 32.0. The highest BCUT2D eigenvalue weighted by molar-refractivity contribution is 6.26. The molecule has 0 bridgehead atoms. The molecule has 0 spiro atoms. The van der Waals surface area contributed by atoms with Gasteiger partial charge in [0.1, 0.15) is 0 Å². The first-order valence-electron chi connectivity index (χ1n) is 19.1. The van der Waals surface area contributed by atoms with E-state index in [4.69, 9.17) is 9.97 Å². The summed E-state index contributed by atoms with van der Waals surface area (Å²) in [6.45, 7) is 0. The highest BCUT2D eigenvalue weighted by atomic mass is 14.9. The maximum atomic E-state index is 4.73. The highest BCUT2D eigenvalue weighted by Crippen LogP contribution is 2.44. The number of aromatic nitrogens is 2. The molecule has 11 rings (SSSR count). The minimum atomic E-state index is 0.733. The molecule has 0 saturated heterocycles. The fourth-order valence-corrected chi connectivity index (χ4v) is 8.74. The average molecular weight is 711 g/mol. The zero-order chi connectivity index (χ0) is 37.0. The van der Waals surface area contributed by atoms with Crippen LogP contribution in [0.5, 0.6) is 0 Å². The maximum absolute atomic E-state index is 4.73. The second-order valence-corrected chi connectivity index (χ2v) is 14.5. The summed E-state index contributed by atoms with van der Waals surface area (Å²) >= 11 is 0. The van der Waals surface area contributed by atoms with Gasteiger partial charge >= 0.3 is 0 Å². The van der Waals surface area contributed by atoms with Gasteiger partial charge in [-0.2, -0.15) is 0 Å². The number of fused-ring (bicyclic) bond motifs is 8. The van der Waals surface area contributed by atoms with E-state index in [1.807, 2.05) is 18.5 Å². The Morgan fingerprint density at radius 1 is 0.214 bits per heavy atom. The molecule has 2 heteroatoms. The molecule has 0 amide bonds. The Morgan fingerprint density at radius 3 is 1.14 bits per heavy atom. The summed E-state index contributed by atoms with van der Waals surface area (Å²) in [5, 5.41) is 12.4. The lowest BCUT2D eigenvalue weighted by Gasteiger charge is -2.18. The molecule has 0 N–H and O–H groups in total. The van der Waals surface area contributed by atoms with Crippen molar-refractivity contribution in [3.63, 3.8) is 0 Å². The molecule has 0 aliphatic heterocycles. The molecule has 10 aromatic carbocycles. The van der Waals surface area contributed by atoms with Gasteiger partial charge in [-0.1, -0.05) is 176 Å². The minimum Gasteiger partial charge on any atom is -0.237 e. The van der Waals surface area contributed by atoms with Crippen LogP contribution in [0.15, 0.2) is 207 Å². The van der Waals surface area contributed by atoms with Gasteiger partial charge in [-0.3, -0.25) is 0 Å². The summed E-state index contributed by atoms with van der Waals surface area (Å²) in [6.07, 6.45) is 3.65. The van der Waals surface area contributed by atoms with Crippen LogP contribution >= 0.6 is 0 Å². The summed E-state index contributed by atoms with van der Waals surface area (Å²) in [6, 6.07) is 70.5. The second kappa shape index (κ2) is 13.2. The van der Waals surface area contributed by atoms with Crippen molar-refractivity contribution in [2.45, 2.75) is 0 Å². The van der Waals surface area contributed by atoms with Gasteiger partial charge in [-0.05, 0) is 117 Å². The van der Waals surface area contributed by atoms with Crippen molar-refractivity contribution >= 4 is 53.9 Å². The molecular formula is C54H34N2. The van der Waals surface area contributed by atoms with Gasteiger partial charge in [-0.25, -0.2) is 9.97 Å². The van der Waals surface area contributed by atoms with E-state index in [2.05, 4.69) is 188 Å². The molecule has 2 nitrogen and oxygen atoms in total. The van der Waals surface area contributed by atoms with E-state index >= 15 is 0 Å². The van der Waals surface area contributed by atoms with Crippen LogP contribution in [0.1, 0.15) is 0 Å². The summed E-state index contributed by atoms with van der Waals surface area (Å²) < 4.78 is 0. The number of nitrogens with zero attached hydrogens (tertiary/aromatic N) is 2. The predicted molar refractivity (Wildman–Crippen MR) is 237 cm³/mol. The van der Waals surface area contributed by atoms with E-state index in [0.29, 0.717) is 0 Å². The number of hydrogen-bond acceptors (Lipinski definition) is 2. The van der Waals surface area contributed by atoms with Crippen molar-refractivity contribution in [2.75, 3.05) is 0 Å². The molecule has 0 aliphatic carbocycles. The fraction of sp³-hybridized carbons (Fsp3) is 0. The molecule has 0 saturated carbocycles. The van der Waals surface area contributed by atoms with Crippen LogP contribution in [0.25, 0.3) is 110 Å². The lowest BCUT2D eigenvalue weighted by atomic mass is 9.86. The average Bonchev–Trinajstić information content (AvgIpc) is 3.28. The normalized spacial score (nSPS) is 11.6. The third-order valence-electron chi connectivity index (χ3n) is 11.4. The summed E-state index contributed by atoms with van der Waals surface area (Å²) in [5.41, 5.74) is 10.6. The molecule has 0 unspecified atom stereocenters. The Morgan fingerprint density at radius 2 is 0.571 bits per heavy atom. The lowest BCUT2D eigenvalue weighted by molar-refractivity contribution is 1.18. The first-order valence-corrected chi connectivity index (χ1v) is 19.1. The zero-order valence-corrected chi connectivity index (χ0v) is 30.5. The van der Waals surface area contributed by atoms with E-state index in [1.165, 1.54) is 87.6 Å². The van der Waals surface area contributed by atoms with Crippen molar-refractivity contribution in [3.05, 3.63) is 207 Å². The van der Waals surface area contributed by atoms with Gasteiger partial charge in [0, 0.05) is 18.0 Å². The van der Waals surface area contributed by atoms with E-state index in [0.717, 1.165) is 22.2 Å². The topological polar surface area (TPSA) is 25.8 Å². The Labute approximate surface area is 325 Å². The quantitative estimate of drug-likeness (QED) is 0.131. The Bertz CT molecular complexity index is 3220. The summed E-state index contributed by atoms with van der Waals surface area (Å²) in [5.74, 6) is 0.733. The third-order valence-corrected chi connectivity index (χ3v) is 11.4. The molecule has 0 fully saturated rings. The van der Waals surface area contributed by atoms with Crippen LogP contribution in [0.2, 0.25) is 0 Å². The van der Waals surface area contributed by atoms with Crippen LogP contribution in [0, 0.1) is 0 Å². The third kappa shape index (κ3) is 5.26. The van der Waals surface area contributed by atoms with Gasteiger partial charge in [0.15, 0.2) is 5.82 Å². The standard InChI is InChI=1S/C54H34N2/c1-2-11-35(12-3-1)41-28-30-49-51(34-41)52(47-17-8-9-18-48(47)53(49)54-55-31-10-32-56-54)39-25-23-37(24-26-39)36-19-21-38(22-20-36)40-27-29-46-44-15-5-4-13-42(44)43-14-6-7-16-45(43)50(46)33-40/h1-34H. The van der Waals surface area contributed by atoms with Crippen molar-refractivity contribution < 1.29 is 0 Å². The molecule has 1 heterocycles. The number of hydrogen-bond donors (Lipinski definition) is 0. The first-order chi connectivity index (χ1) is 27.8. The van der Waals surface area contributed by atoms with Gasteiger partial charge in [0.25, 0.3) is 0 Å². The number of benzene rings is 10. The predicted octanol–water partition coefficient (Wildman–Crippen LogP) is 14.6. The monoisotopic (exact) mass is 710 g/mol. The van der Waals surface area contributed by atoms with Crippen molar-refractivity contribution in [1.29, 1.82) is 0 Å². The second-order valence-electron chi connectivity index (χ2n) is 14.5. The summed E-state index contributed by atoms with van der Waals surface area (Å²) in [4.78, 5) is 9.46. The highest BCUT2D eigenvalue weighted by Gasteiger charge is 2.19. The maximum Gasteiger partial charge on any atom is 0.160 e. The molecule has 260 valence electrons. The molecule has 0 aliphatic rings. The molecular weight excluding hydrogens is 677 g/mol. The van der Waals surface area contributed by atoms with Gasteiger partial charge < -0.3 is 0 Å². The Hall–Kier alpha value is -7.42. The molecule has 1 aromatic heterocycles. The van der Waals surface area contributed by atoms with Crippen LogP contribution < -0.4 is 0 Å². The molecule has 0 radical (unpaired) electrons. The molecule has 11 aromatic rings. The summed E-state index contributed by atoms with van der Waals surface area (Å²) in [7, 11) is 0. The van der Waals surface area contributed by atoms with E-state index in [-0.39, 0.29) is 0 Å². The van der Waals surface area contributed by atoms with Gasteiger partial charge in [0.05, 0.1) is 0 Å². The van der Waals surface area contributed by atoms with Crippen LogP contribution in [0.4, 0.5) is 0 Å². The van der Waals surface area contributed by atoms with E-state index in [9.17, 15) is 0 Å². The van der Waals surface area contributed by atoms with Gasteiger partial charge in [0.2, 0.25) is 0 Å². The molecule has 56 heavy (non-hydrogen) atoms. The van der Waals surface area contributed by atoms with E-state index in [1.54, 1.807) is 0 Å². The Balaban J connectivity index is 1.00. The largest absolute Gasteiger partial charge is 0.237 e. The smallest absolute Gasteiger partial charge is 0.160 e. The lowest BCUT2D eigenvalue weighted by Crippen LogP contribution is -1.94. The number of rotatable bonds is 5. The molecule has 0 atom stereocenters. The van der Waals surface area contributed by atoms with Crippen molar-refractivity contribution in [2.24, 2.45) is 0 Å². The van der Waals surface area contributed by atoms with Gasteiger partial charge in [-0.15, -0.1) is 0 Å². The van der Waals surface area contributed by atoms with Crippen molar-refractivity contribution in [3.8, 4) is 55.9 Å². The minimum absolute atomic E-state index is 0.733. The van der Waals surface area contributed by atoms with Crippen LogP contribution in [-0.2, 0) is 0 Å².